The van der Waals surface area contributed by atoms with Gasteiger partial charge in [-0.05, 0) is 74.9 Å². The molecule has 0 saturated carbocycles. The lowest BCUT2D eigenvalue weighted by atomic mass is 10.0. The molecule has 44 heavy (non-hydrogen) atoms. The molecule has 0 spiro atoms. The van der Waals surface area contributed by atoms with Gasteiger partial charge in [-0.1, -0.05) is 6.07 Å². The molecule has 0 aliphatic heterocycles. The number of hydrazine groups is 1. The topological polar surface area (TPSA) is 215 Å². The number of hydrogen-bond acceptors (Lipinski definition) is 9. The first kappa shape index (κ1) is 34.7. The fraction of sp³-hybridized carbons (Fsp3) is 0.250. The van der Waals surface area contributed by atoms with Crippen LogP contribution in [0.5, 0.6) is 11.5 Å². The number of benzene rings is 2. The molecule has 0 fully saturated rings. The summed E-state index contributed by atoms with van der Waals surface area (Å²) in [4.78, 5) is 38.7. The van der Waals surface area contributed by atoms with Crippen molar-refractivity contribution in [1.29, 1.82) is 5.41 Å². The van der Waals surface area contributed by atoms with Crippen molar-refractivity contribution in [3.8, 4) is 11.5 Å². The number of nitrogen functional groups attached to an aromatic ring is 2. The van der Waals surface area contributed by atoms with Gasteiger partial charge in [-0.15, -0.1) is 0 Å². The van der Waals surface area contributed by atoms with Crippen LogP contribution in [0.3, 0.4) is 0 Å². The molecule has 1 atom stereocenters. The number of amides is 2. The molecular formula is C28H32F3N7O6. The number of halogens is 3. The zero-order valence-electron chi connectivity index (χ0n) is 23.9. The van der Waals surface area contributed by atoms with Gasteiger partial charge in [0.05, 0.1) is 18.4 Å². The average molecular weight is 620 g/mol. The van der Waals surface area contributed by atoms with Gasteiger partial charge in [0.1, 0.15) is 11.9 Å². The lowest BCUT2D eigenvalue weighted by Gasteiger charge is -2.22. The van der Waals surface area contributed by atoms with E-state index in [0.29, 0.717) is 34.9 Å². The number of carboxylic acid groups (broad SMARTS) is 1. The van der Waals surface area contributed by atoms with E-state index in [2.05, 4.69) is 21.2 Å². The Balaban J connectivity index is 0.000000860. The summed E-state index contributed by atoms with van der Waals surface area (Å²) in [5, 5.41) is 17.9. The molecular weight excluding hydrogens is 587 g/mol. The minimum absolute atomic E-state index is 0.0130. The van der Waals surface area contributed by atoms with Crippen LogP contribution in [0, 0.1) is 5.41 Å². The van der Waals surface area contributed by atoms with Crippen molar-refractivity contribution in [2.75, 3.05) is 17.7 Å². The third kappa shape index (κ3) is 10.4. The first-order chi connectivity index (χ1) is 20.6. The number of hydrogen-bond donors (Lipinski definition) is 7. The summed E-state index contributed by atoms with van der Waals surface area (Å²) in [5.41, 5.74) is 18.0. The lowest BCUT2D eigenvalue weighted by molar-refractivity contribution is -0.192. The van der Waals surface area contributed by atoms with Gasteiger partial charge in [-0.2, -0.15) is 13.2 Å². The molecule has 0 aliphatic rings. The number of anilines is 2. The Morgan fingerprint density at radius 2 is 1.68 bits per heavy atom. The normalized spacial score (nSPS) is 11.3. The number of nitrogens with two attached hydrogens (primary N) is 2. The molecule has 0 saturated heterocycles. The van der Waals surface area contributed by atoms with Crippen LogP contribution in [0.1, 0.15) is 48.4 Å². The van der Waals surface area contributed by atoms with Crippen LogP contribution < -0.4 is 37.1 Å². The highest BCUT2D eigenvalue weighted by atomic mass is 19.4. The number of carbonyl (C=O) groups is 3. The largest absolute Gasteiger partial charge is 0.490 e. The van der Waals surface area contributed by atoms with Crippen molar-refractivity contribution < 1.29 is 42.1 Å². The maximum absolute atomic E-state index is 13.3. The van der Waals surface area contributed by atoms with E-state index < -0.39 is 30.0 Å². The van der Waals surface area contributed by atoms with Crippen LogP contribution >= 0.6 is 0 Å². The second-order valence-corrected chi connectivity index (χ2v) is 9.06. The summed E-state index contributed by atoms with van der Waals surface area (Å²) in [6.07, 6.45) is -3.73. The maximum Gasteiger partial charge on any atom is 0.490 e. The van der Waals surface area contributed by atoms with E-state index in [9.17, 15) is 22.8 Å². The molecule has 16 heteroatoms. The quantitative estimate of drug-likeness (QED) is 0.0997. The third-order valence-corrected chi connectivity index (χ3v) is 5.33. The zero-order chi connectivity index (χ0) is 33.0. The number of rotatable bonds is 10. The van der Waals surface area contributed by atoms with Crippen LogP contribution in [0.2, 0.25) is 0 Å². The molecule has 1 aromatic heterocycles. The highest BCUT2D eigenvalue weighted by Crippen LogP contribution is 2.33. The fourth-order valence-corrected chi connectivity index (χ4v) is 3.39. The highest BCUT2D eigenvalue weighted by Gasteiger charge is 2.38. The van der Waals surface area contributed by atoms with Crippen molar-refractivity contribution in [3.05, 3.63) is 77.6 Å². The standard InChI is InChI=1S/C26H31N7O4.C2HF3O2/c1-4-36-21-14-17(9-12-20(21)37-15(2)3)22(31-18-10-7-16(8-11-18)24(28)29)25(34)32-33-26(35)23-19(27)6-5-13-30-23;3-2(4,5)1(6)7/h5-15,22,31H,4,27H2,1-3H3,(H3,28,29)(H,32,34)(H,33,35);(H,6,7). The van der Waals surface area contributed by atoms with E-state index in [4.69, 9.17) is 36.3 Å². The second-order valence-electron chi connectivity index (χ2n) is 9.06. The molecule has 3 rings (SSSR count). The summed E-state index contributed by atoms with van der Waals surface area (Å²) < 4.78 is 43.3. The molecule has 0 radical (unpaired) electrons. The van der Waals surface area contributed by atoms with Crippen molar-refractivity contribution in [2.45, 2.75) is 39.1 Å². The van der Waals surface area contributed by atoms with E-state index in [0.717, 1.165) is 0 Å². The smallest absolute Gasteiger partial charge is 0.490 e. The molecule has 3 aromatic rings. The van der Waals surface area contributed by atoms with E-state index in [1.165, 1.54) is 12.3 Å². The first-order valence-corrected chi connectivity index (χ1v) is 12.9. The van der Waals surface area contributed by atoms with Gasteiger partial charge in [0.25, 0.3) is 11.8 Å². The van der Waals surface area contributed by atoms with E-state index in [1.807, 2.05) is 20.8 Å². The van der Waals surface area contributed by atoms with Gasteiger partial charge in [-0.3, -0.25) is 25.8 Å². The molecule has 2 amide bonds. The minimum atomic E-state index is -5.08. The third-order valence-electron chi connectivity index (χ3n) is 5.33. The summed E-state index contributed by atoms with van der Waals surface area (Å²) in [5.74, 6) is -3.02. The number of carboxylic acids is 1. The summed E-state index contributed by atoms with van der Waals surface area (Å²) >= 11 is 0. The van der Waals surface area contributed by atoms with E-state index in [1.54, 1.807) is 48.5 Å². The van der Waals surface area contributed by atoms with Crippen LogP contribution in [-0.2, 0) is 9.59 Å². The number of aliphatic carboxylic acids is 1. The molecule has 9 N–H and O–H groups in total. The molecule has 13 nitrogen and oxygen atoms in total. The molecule has 1 unspecified atom stereocenters. The van der Waals surface area contributed by atoms with Crippen molar-refractivity contribution in [2.24, 2.45) is 5.73 Å². The number of pyridine rings is 1. The Morgan fingerprint density at radius 3 is 2.20 bits per heavy atom. The van der Waals surface area contributed by atoms with Gasteiger partial charge in [0.2, 0.25) is 0 Å². The Morgan fingerprint density at radius 1 is 1.05 bits per heavy atom. The van der Waals surface area contributed by atoms with Gasteiger partial charge in [-0.25, -0.2) is 9.78 Å². The lowest BCUT2D eigenvalue weighted by Crippen LogP contribution is -2.45. The fourth-order valence-electron chi connectivity index (χ4n) is 3.39. The number of alkyl halides is 3. The van der Waals surface area contributed by atoms with E-state index >= 15 is 0 Å². The highest BCUT2D eigenvalue weighted by molar-refractivity contribution is 5.98. The number of carbonyl (C=O) groups excluding carboxylic acids is 2. The van der Waals surface area contributed by atoms with Gasteiger partial charge < -0.3 is 31.4 Å². The van der Waals surface area contributed by atoms with Gasteiger partial charge in [0.15, 0.2) is 17.2 Å². The minimum Gasteiger partial charge on any atom is -0.490 e. The van der Waals surface area contributed by atoms with Gasteiger partial charge in [0, 0.05) is 17.4 Å². The number of aromatic nitrogens is 1. The summed E-state index contributed by atoms with van der Waals surface area (Å²) in [6.45, 7) is 6.06. The summed E-state index contributed by atoms with van der Waals surface area (Å²) in [6, 6.07) is 14.1. The molecule has 1 heterocycles. The average Bonchev–Trinajstić information content (AvgIpc) is 2.95. The monoisotopic (exact) mass is 619 g/mol. The van der Waals surface area contributed by atoms with Crippen LogP contribution in [-0.4, -0.2) is 52.6 Å². The van der Waals surface area contributed by atoms with Crippen LogP contribution in [0.25, 0.3) is 0 Å². The Kier molecular flexibility index (Phi) is 12.3. The number of ether oxygens (including phenoxy) is 2. The number of amidine groups is 1. The Labute approximate surface area is 250 Å². The number of nitrogens with zero attached hydrogens (tertiary/aromatic N) is 1. The Bertz CT molecular complexity index is 1470. The van der Waals surface area contributed by atoms with Crippen molar-refractivity contribution >= 4 is 35.0 Å². The Hall–Kier alpha value is -5.54. The van der Waals surface area contributed by atoms with Crippen LogP contribution in [0.4, 0.5) is 24.5 Å². The predicted molar refractivity (Wildman–Crippen MR) is 155 cm³/mol. The molecule has 0 aliphatic carbocycles. The summed E-state index contributed by atoms with van der Waals surface area (Å²) in [7, 11) is 0. The molecule has 0 bridgehead atoms. The van der Waals surface area contributed by atoms with Gasteiger partial charge >= 0.3 is 12.1 Å². The predicted octanol–water partition coefficient (Wildman–Crippen LogP) is 3.38. The maximum atomic E-state index is 13.3. The second kappa shape index (κ2) is 15.6. The SMILES string of the molecule is CCOc1cc(C(Nc2ccc(C(=N)N)cc2)C(=O)NNC(=O)c2ncccc2N)ccc1OC(C)C.O=C(O)C(F)(F)F. The molecule has 2 aromatic carbocycles. The number of nitrogens with one attached hydrogen (secondary N) is 4. The van der Waals surface area contributed by atoms with E-state index in [-0.39, 0.29) is 23.3 Å². The van der Waals surface area contributed by atoms with Crippen molar-refractivity contribution in [1.82, 2.24) is 15.8 Å². The first-order valence-electron chi connectivity index (χ1n) is 12.9. The van der Waals surface area contributed by atoms with Crippen molar-refractivity contribution in [3.63, 3.8) is 0 Å². The molecule has 236 valence electrons. The zero-order valence-corrected chi connectivity index (χ0v) is 23.9. The van der Waals surface area contributed by atoms with Crippen LogP contribution in [0.15, 0.2) is 60.8 Å².